The van der Waals surface area contributed by atoms with Crippen molar-refractivity contribution in [3.8, 4) is 11.5 Å². The number of hydrogen-bond donors (Lipinski definition) is 1. The van der Waals surface area contributed by atoms with Crippen LogP contribution in [0, 0.1) is 0 Å². The molecule has 7 nitrogen and oxygen atoms in total. The van der Waals surface area contributed by atoms with Crippen LogP contribution in [0.3, 0.4) is 0 Å². The topological polar surface area (TPSA) is 80.8 Å². The van der Waals surface area contributed by atoms with Gasteiger partial charge in [-0.2, -0.15) is 0 Å². The average molecular weight is 357 g/mol. The van der Waals surface area contributed by atoms with E-state index >= 15 is 0 Å². The summed E-state index contributed by atoms with van der Waals surface area (Å²) < 4.78 is 10.5. The van der Waals surface area contributed by atoms with Crippen LogP contribution in [-0.2, 0) is 22.7 Å². The molecule has 7 heteroatoms. The van der Waals surface area contributed by atoms with Crippen LogP contribution in [0.2, 0.25) is 0 Å². The number of nitrogens with one attached hydrogen (secondary N) is 1. The van der Waals surface area contributed by atoms with Crippen LogP contribution in [0.5, 0.6) is 11.5 Å². The fourth-order valence-electron chi connectivity index (χ4n) is 2.41. The zero-order chi connectivity index (χ0) is 18.9. The molecule has 0 bridgehead atoms. The highest BCUT2D eigenvalue weighted by molar-refractivity contribution is 5.83. The number of rotatable bonds is 8. The molecule has 0 unspecified atom stereocenters. The van der Waals surface area contributed by atoms with Gasteiger partial charge in [0.15, 0.2) is 11.5 Å². The molecule has 1 N–H and O–H groups in total. The predicted octanol–water partition coefficient (Wildman–Crippen LogP) is 1.76. The van der Waals surface area contributed by atoms with Crippen molar-refractivity contribution in [2.75, 3.05) is 20.8 Å². The van der Waals surface area contributed by atoms with Gasteiger partial charge in [-0.15, -0.1) is 0 Å². The highest BCUT2D eigenvalue weighted by atomic mass is 16.5. The van der Waals surface area contributed by atoms with Crippen LogP contribution in [0.15, 0.2) is 42.7 Å². The highest BCUT2D eigenvalue weighted by Gasteiger charge is 2.15. The van der Waals surface area contributed by atoms with Crippen LogP contribution in [0.4, 0.5) is 0 Å². The fraction of sp³-hybridized carbons (Fsp3) is 0.316. The maximum atomic E-state index is 12.2. The standard InChI is InChI=1S/C19H23N3O4/c1-14(23)22(12-16-4-5-17(25-2)18(10-16)26-3)13-19(24)21-11-15-6-8-20-9-7-15/h4-10H,11-13H2,1-3H3,(H,21,24). The summed E-state index contributed by atoms with van der Waals surface area (Å²) in [7, 11) is 3.11. The van der Waals surface area contributed by atoms with Crippen LogP contribution in [-0.4, -0.2) is 42.5 Å². The third kappa shape index (κ3) is 5.47. The lowest BCUT2D eigenvalue weighted by atomic mass is 10.2. The van der Waals surface area contributed by atoms with Crippen LogP contribution < -0.4 is 14.8 Å². The summed E-state index contributed by atoms with van der Waals surface area (Å²) in [5.41, 5.74) is 1.79. The van der Waals surface area contributed by atoms with Crippen LogP contribution in [0.1, 0.15) is 18.1 Å². The van der Waals surface area contributed by atoms with Crippen LogP contribution >= 0.6 is 0 Å². The lowest BCUT2D eigenvalue weighted by molar-refractivity contribution is -0.135. The summed E-state index contributed by atoms with van der Waals surface area (Å²) >= 11 is 0. The number of ether oxygens (including phenoxy) is 2. The Hall–Kier alpha value is -3.09. The van der Waals surface area contributed by atoms with Crippen molar-refractivity contribution in [3.63, 3.8) is 0 Å². The molecule has 2 amide bonds. The minimum atomic E-state index is -0.225. The van der Waals surface area contributed by atoms with Gasteiger partial charge < -0.3 is 19.7 Å². The van der Waals surface area contributed by atoms with Gasteiger partial charge >= 0.3 is 0 Å². The Morgan fingerprint density at radius 3 is 2.35 bits per heavy atom. The zero-order valence-corrected chi connectivity index (χ0v) is 15.2. The molecule has 1 aromatic carbocycles. The number of nitrogens with zero attached hydrogens (tertiary/aromatic N) is 2. The Balaban J connectivity index is 1.98. The monoisotopic (exact) mass is 357 g/mol. The average Bonchev–Trinajstić information content (AvgIpc) is 2.66. The van der Waals surface area contributed by atoms with Gasteiger partial charge in [-0.1, -0.05) is 6.07 Å². The molecule has 1 heterocycles. The Bertz CT molecular complexity index is 750. The number of carbonyl (C=O) groups excluding carboxylic acids is 2. The molecule has 0 aliphatic carbocycles. The van der Waals surface area contributed by atoms with Crippen molar-refractivity contribution in [1.29, 1.82) is 0 Å². The molecular formula is C19H23N3O4. The van der Waals surface area contributed by atoms with Crippen molar-refractivity contribution in [3.05, 3.63) is 53.9 Å². The number of aromatic nitrogens is 1. The van der Waals surface area contributed by atoms with Gasteiger partial charge in [-0.25, -0.2) is 0 Å². The lowest BCUT2D eigenvalue weighted by Crippen LogP contribution is -2.39. The normalized spacial score (nSPS) is 10.1. The summed E-state index contributed by atoms with van der Waals surface area (Å²) in [6.45, 7) is 2.12. The highest BCUT2D eigenvalue weighted by Crippen LogP contribution is 2.28. The number of benzene rings is 1. The molecule has 0 fully saturated rings. The van der Waals surface area contributed by atoms with Gasteiger partial charge in [-0.05, 0) is 35.4 Å². The summed E-state index contributed by atoms with van der Waals surface area (Å²) in [5, 5.41) is 2.81. The Labute approximate surface area is 152 Å². The summed E-state index contributed by atoms with van der Waals surface area (Å²) in [5.74, 6) is 0.785. The molecule has 138 valence electrons. The molecule has 0 aliphatic rings. The lowest BCUT2D eigenvalue weighted by Gasteiger charge is -2.21. The SMILES string of the molecule is COc1ccc(CN(CC(=O)NCc2ccncc2)C(C)=O)cc1OC. The third-order valence-corrected chi connectivity index (χ3v) is 3.84. The maximum Gasteiger partial charge on any atom is 0.239 e. The minimum Gasteiger partial charge on any atom is -0.493 e. The van der Waals surface area contributed by atoms with Gasteiger partial charge in [0.1, 0.15) is 0 Å². The van der Waals surface area contributed by atoms with E-state index in [0.29, 0.717) is 24.6 Å². The summed E-state index contributed by atoms with van der Waals surface area (Å²) in [6.07, 6.45) is 3.33. The Morgan fingerprint density at radius 1 is 1.04 bits per heavy atom. The van der Waals surface area contributed by atoms with E-state index in [1.165, 1.54) is 11.8 Å². The first-order chi connectivity index (χ1) is 12.5. The number of hydrogen-bond acceptors (Lipinski definition) is 5. The van der Waals surface area contributed by atoms with Crippen molar-refractivity contribution in [2.45, 2.75) is 20.0 Å². The third-order valence-electron chi connectivity index (χ3n) is 3.84. The second-order valence-electron chi connectivity index (χ2n) is 5.70. The Morgan fingerprint density at radius 2 is 1.73 bits per heavy atom. The largest absolute Gasteiger partial charge is 0.493 e. The van der Waals surface area contributed by atoms with Gasteiger partial charge in [0, 0.05) is 32.4 Å². The van der Waals surface area contributed by atoms with E-state index in [2.05, 4.69) is 10.3 Å². The molecular weight excluding hydrogens is 334 g/mol. The smallest absolute Gasteiger partial charge is 0.239 e. The van der Waals surface area contributed by atoms with E-state index in [0.717, 1.165) is 11.1 Å². The molecule has 0 saturated heterocycles. The van der Waals surface area contributed by atoms with Crippen molar-refractivity contribution in [2.24, 2.45) is 0 Å². The zero-order valence-electron chi connectivity index (χ0n) is 15.2. The first-order valence-electron chi connectivity index (χ1n) is 8.15. The summed E-state index contributed by atoms with van der Waals surface area (Å²) in [6, 6.07) is 9.06. The van der Waals surface area contributed by atoms with E-state index in [1.807, 2.05) is 18.2 Å². The fourth-order valence-corrected chi connectivity index (χ4v) is 2.41. The molecule has 0 atom stereocenters. The molecule has 1 aromatic heterocycles. The molecule has 0 spiro atoms. The van der Waals surface area contributed by atoms with E-state index < -0.39 is 0 Å². The second kappa shape index (κ2) is 9.41. The summed E-state index contributed by atoms with van der Waals surface area (Å²) in [4.78, 5) is 29.5. The molecule has 2 aromatic rings. The minimum absolute atomic E-state index is 0.0191. The second-order valence-corrected chi connectivity index (χ2v) is 5.70. The molecule has 0 saturated carbocycles. The van der Waals surface area contributed by atoms with Gasteiger partial charge in [0.05, 0.1) is 20.8 Å². The molecule has 2 rings (SSSR count). The van der Waals surface area contributed by atoms with Crippen molar-refractivity contribution >= 4 is 11.8 Å². The van der Waals surface area contributed by atoms with E-state index in [9.17, 15) is 9.59 Å². The molecule has 0 radical (unpaired) electrons. The maximum absolute atomic E-state index is 12.2. The van der Waals surface area contributed by atoms with Gasteiger partial charge in [0.2, 0.25) is 11.8 Å². The first-order valence-corrected chi connectivity index (χ1v) is 8.15. The number of amides is 2. The first kappa shape index (κ1) is 19.2. The quantitative estimate of drug-likeness (QED) is 0.779. The van der Waals surface area contributed by atoms with E-state index in [-0.39, 0.29) is 18.4 Å². The van der Waals surface area contributed by atoms with E-state index in [1.54, 1.807) is 38.7 Å². The molecule has 26 heavy (non-hydrogen) atoms. The van der Waals surface area contributed by atoms with Crippen LogP contribution in [0.25, 0.3) is 0 Å². The van der Waals surface area contributed by atoms with Crippen molar-refractivity contribution in [1.82, 2.24) is 15.2 Å². The predicted molar refractivity (Wildman–Crippen MR) is 96.7 cm³/mol. The Kier molecular flexibility index (Phi) is 6.96. The number of pyridine rings is 1. The van der Waals surface area contributed by atoms with Gasteiger partial charge in [0.25, 0.3) is 0 Å². The number of carbonyl (C=O) groups is 2. The van der Waals surface area contributed by atoms with E-state index in [4.69, 9.17) is 9.47 Å². The molecule has 0 aliphatic heterocycles. The van der Waals surface area contributed by atoms with Gasteiger partial charge in [-0.3, -0.25) is 14.6 Å². The number of methoxy groups -OCH3 is 2. The van der Waals surface area contributed by atoms with Crippen molar-refractivity contribution < 1.29 is 19.1 Å².